The number of aromatic nitrogens is 5. The second kappa shape index (κ2) is 8.70. The molecule has 8 nitrogen and oxygen atoms in total. The van der Waals surface area contributed by atoms with Crippen LogP contribution < -0.4 is 4.74 Å². The molecule has 0 bridgehead atoms. The van der Waals surface area contributed by atoms with Crippen molar-refractivity contribution in [1.29, 1.82) is 0 Å². The van der Waals surface area contributed by atoms with Gasteiger partial charge in [0, 0.05) is 45.2 Å². The minimum atomic E-state index is -0.121. The second-order valence-corrected chi connectivity index (χ2v) is 9.96. The van der Waals surface area contributed by atoms with Crippen molar-refractivity contribution in [1.82, 2.24) is 23.9 Å². The maximum atomic E-state index is 11.3. The molecule has 7 aromatic rings. The van der Waals surface area contributed by atoms with Crippen LogP contribution in [0, 0.1) is 6.07 Å². The third-order valence-electron chi connectivity index (χ3n) is 6.55. The molecule has 0 atom stereocenters. The summed E-state index contributed by atoms with van der Waals surface area (Å²) in [5.41, 5.74) is 5.18. The van der Waals surface area contributed by atoms with Crippen LogP contribution in [-0.4, -0.2) is 29.0 Å². The van der Waals surface area contributed by atoms with E-state index in [1.165, 1.54) is 6.20 Å². The minimum absolute atomic E-state index is 0. The van der Waals surface area contributed by atoms with Crippen LogP contribution in [0.3, 0.4) is 0 Å². The van der Waals surface area contributed by atoms with Gasteiger partial charge < -0.3 is 24.2 Å². The predicted octanol–water partition coefficient (Wildman–Crippen LogP) is 6.56. The maximum absolute atomic E-state index is 11.3. The largest absolute Gasteiger partial charge is 0.503 e. The molecule has 5 aromatic heterocycles. The van der Waals surface area contributed by atoms with E-state index in [2.05, 4.69) is 41.8 Å². The van der Waals surface area contributed by atoms with E-state index >= 15 is 0 Å². The Hall–Kier alpha value is -4.16. The van der Waals surface area contributed by atoms with Crippen LogP contribution in [0.5, 0.6) is 17.2 Å². The third kappa shape index (κ3) is 3.59. The molecule has 38 heavy (non-hydrogen) atoms. The fourth-order valence-electron chi connectivity index (χ4n) is 4.84. The molecule has 9 heteroatoms. The SMILES string of the molecule is CC(C)(C)c1ccnc2c1oc1ncc(Oc3cccc(-n4c5ccccc5n5ccnc45)c3O)[c-]c12.[Pt]. The number of fused-ring (bicyclic) bond motifs is 6. The van der Waals surface area contributed by atoms with E-state index in [4.69, 9.17) is 9.15 Å². The number of nitrogens with zero attached hydrogens (tertiary/aromatic N) is 5. The Morgan fingerprint density at radius 2 is 1.76 bits per heavy atom. The predicted molar refractivity (Wildman–Crippen MR) is 141 cm³/mol. The van der Waals surface area contributed by atoms with Crippen molar-refractivity contribution in [3.8, 4) is 22.9 Å². The Balaban J connectivity index is 0.00000264. The molecular formula is C29H22N5O3Pt-. The monoisotopic (exact) mass is 683 g/mol. The van der Waals surface area contributed by atoms with Gasteiger partial charge in [-0.1, -0.05) is 50.4 Å². The topological polar surface area (TPSA) is 90.6 Å². The van der Waals surface area contributed by atoms with E-state index < -0.39 is 0 Å². The van der Waals surface area contributed by atoms with Crippen LogP contribution in [0.1, 0.15) is 26.3 Å². The fraction of sp³-hybridized carbons (Fsp3) is 0.138. The number of imidazole rings is 2. The van der Waals surface area contributed by atoms with E-state index in [-0.39, 0.29) is 38.0 Å². The van der Waals surface area contributed by atoms with E-state index in [0.717, 1.165) is 16.6 Å². The number of aromatic hydroxyl groups is 1. The quantitative estimate of drug-likeness (QED) is 0.212. The molecule has 0 aliphatic heterocycles. The summed E-state index contributed by atoms with van der Waals surface area (Å²) in [6.45, 7) is 6.38. The number of pyridine rings is 2. The molecule has 0 radical (unpaired) electrons. The molecule has 0 saturated carbocycles. The second-order valence-electron chi connectivity index (χ2n) is 9.96. The van der Waals surface area contributed by atoms with Crippen LogP contribution in [0.15, 0.2) is 77.7 Å². The van der Waals surface area contributed by atoms with Gasteiger partial charge in [-0.3, -0.25) is 8.97 Å². The van der Waals surface area contributed by atoms with Gasteiger partial charge in [0.05, 0.1) is 22.5 Å². The standard InChI is InChI=1S/C29H22N5O3.Pt/c1-29(2,3)19-11-12-30-24-18-15-17(16-32-27(18)37-26(19)24)36-23-10-6-9-22(25(23)35)34-21-8-5-4-7-20(21)33-14-13-31-28(33)34;/h4-14,16,35H,1-3H3;/q-1;. The van der Waals surface area contributed by atoms with Crippen LogP contribution in [0.4, 0.5) is 0 Å². The summed E-state index contributed by atoms with van der Waals surface area (Å²) in [4.78, 5) is 13.5. The smallest absolute Gasteiger partial charge is 0.219 e. The molecule has 0 fully saturated rings. The Morgan fingerprint density at radius 1 is 0.947 bits per heavy atom. The summed E-state index contributed by atoms with van der Waals surface area (Å²) < 4.78 is 16.0. The first kappa shape index (κ1) is 24.2. The Labute approximate surface area is 231 Å². The van der Waals surface area contributed by atoms with Crippen LogP contribution >= 0.6 is 0 Å². The number of hydrogen-bond donors (Lipinski definition) is 1. The van der Waals surface area contributed by atoms with E-state index in [1.807, 2.05) is 57.6 Å². The summed E-state index contributed by atoms with van der Waals surface area (Å²) in [7, 11) is 0. The average Bonchev–Trinajstić information content (AvgIpc) is 3.57. The number of ether oxygens (including phenoxy) is 1. The zero-order valence-corrected chi connectivity index (χ0v) is 23.0. The normalized spacial score (nSPS) is 12.0. The van der Waals surface area contributed by atoms with Gasteiger partial charge in [-0.05, 0) is 47.5 Å². The van der Waals surface area contributed by atoms with Crippen molar-refractivity contribution in [3.63, 3.8) is 0 Å². The molecule has 0 amide bonds. The van der Waals surface area contributed by atoms with Gasteiger partial charge in [0.2, 0.25) is 5.78 Å². The van der Waals surface area contributed by atoms with Gasteiger partial charge in [0.1, 0.15) is 11.3 Å². The molecule has 192 valence electrons. The van der Waals surface area contributed by atoms with Gasteiger partial charge in [0.15, 0.2) is 11.5 Å². The molecule has 0 unspecified atom stereocenters. The summed E-state index contributed by atoms with van der Waals surface area (Å²) in [6, 6.07) is 18.5. The zero-order valence-electron chi connectivity index (χ0n) is 20.7. The van der Waals surface area contributed by atoms with Gasteiger partial charge in [-0.25, -0.2) is 4.98 Å². The Morgan fingerprint density at radius 3 is 2.58 bits per heavy atom. The number of phenols is 1. The summed E-state index contributed by atoms with van der Waals surface area (Å²) in [5, 5.41) is 11.9. The van der Waals surface area contributed by atoms with Crippen LogP contribution in [-0.2, 0) is 26.5 Å². The molecule has 0 aliphatic carbocycles. The first-order chi connectivity index (χ1) is 17.9. The van der Waals surface area contributed by atoms with Crippen molar-refractivity contribution in [3.05, 3.63) is 84.9 Å². The van der Waals surface area contributed by atoms with E-state index in [0.29, 0.717) is 39.4 Å². The first-order valence-electron chi connectivity index (χ1n) is 11.9. The van der Waals surface area contributed by atoms with Crippen LogP contribution in [0.2, 0.25) is 0 Å². The molecular weight excluding hydrogens is 661 g/mol. The first-order valence-corrected chi connectivity index (χ1v) is 11.9. The fourth-order valence-corrected chi connectivity index (χ4v) is 4.84. The van der Waals surface area contributed by atoms with Crippen LogP contribution in [0.25, 0.3) is 44.7 Å². The number of furan rings is 1. The van der Waals surface area contributed by atoms with E-state index in [1.54, 1.807) is 18.5 Å². The molecule has 5 heterocycles. The summed E-state index contributed by atoms with van der Waals surface area (Å²) in [6.07, 6.45) is 6.94. The summed E-state index contributed by atoms with van der Waals surface area (Å²) in [5.74, 6) is 1.28. The van der Waals surface area contributed by atoms with Crippen molar-refractivity contribution in [2.24, 2.45) is 0 Å². The number of hydrogen-bond acceptors (Lipinski definition) is 6. The molecule has 0 spiro atoms. The molecule has 2 aromatic carbocycles. The van der Waals surface area contributed by atoms with Crippen molar-refractivity contribution >= 4 is 39.0 Å². The van der Waals surface area contributed by atoms with Gasteiger partial charge in [0.25, 0.3) is 0 Å². The molecule has 0 saturated heterocycles. The van der Waals surface area contributed by atoms with Crippen molar-refractivity contribution in [2.45, 2.75) is 26.2 Å². The summed E-state index contributed by atoms with van der Waals surface area (Å²) >= 11 is 0. The Kier molecular flexibility index (Phi) is 5.54. The zero-order chi connectivity index (χ0) is 25.3. The van der Waals surface area contributed by atoms with Crippen molar-refractivity contribution < 1.29 is 35.3 Å². The number of benzene rings is 2. The van der Waals surface area contributed by atoms with Gasteiger partial charge in [-0.15, -0.1) is 0 Å². The number of rotatable bonds is 3. The van der Waals surface area contributed by atoms with Gasteiger partial charge >= 0.3 is 0 Å². The number of phenolic OH excluding ortho intramolecular Hbond substituents is 1. The minimum Gasteiger partial charge on any atom is -0.503 e. The van der Waals surface area contributed by atoms with E-state index in [9.17, 15) is 5.11 Å². The maximum Gasteiger partial charge on any atom is 0.219 e. The number of para-hydroxylation sites is 3. The van der Waals surface area contributed by atoms with Gasteiger partial charge in [-0.2, -0.15) is 0 Å². The molecule has 1 N–H and O–H groups in total. The molecule has 0 aliphatic rings. The average molecular weight is 684 g/mol. The van der Waals surface area contributed by atoms with Crippen molar-refractivity contribution in [2.75, 3.05) is 0 Å². The third-order valence-corrected chi connectivity index (χ3v) is 6.55. The Bertz CT molecular complexity index is 1980. The molecule has 7 rings (SSSR count).